The van der Waals surface area contributed by atoms with Crippen LogP contribution in [-0.4, -0.2) is 55.3 Å². The third-order valence-corrected chi connectivity index (χ3v) is 6.33. The highest BCUT2D eigenvalue weighted by Crippen LogP contribution is 2.33. The lowest BCUT2D eigenvalue weighted by Crippen LogP contribution is -2.45. The molecule has 1 aromatic heterocycles. The molecule has 0 fully saturated rings. The Hall–Kier alpha value is -3.98. The molecular formula is C28H33N3O6. The highest BCUT2D eigenvalue weighted by molar-refractivity contribution is 5.93. The molecule has 4 rings (SSSR count). The van der Waals surface area contributed by atoms with E-state index in [4.69, 9.17) is 18.6 Å². The van der Waals surface area contributed by atoms with Crippen molar-refractivity contribution in [3.05, 3.63) is 76.7 Å². The number of anilines is 1. The number of rotatable bonds is 10. The Bertz CT molecular complexity index is 1250. The number of hydrogen-bond acceptors (Lipinski definition) is 6. The highest BCUT2D eigenvalue weighted by atomic mass is 16.7. The molecule has 3 aromatic rings. The van der Waals surface area contributed by atoms with Gasteiger partial charge < -0.3 is 33.7 Å². The summed E-state index contributed by atoms with van der Waals surface area (Å²) in [6, 6.07) is 14.7. The minimum atomic E-state index is -0.365. The van der Waals surface area contributed by atoms with Gasteiger partial charge in [0.1, 0.15) is 18.1 Å². The standard InChI is InChI=1S/C28H33N3O6/c1-19-6-5-7-24(21(19)3)29-28(33)30(12-13-34-4)17-27(32)31(16-23-10-8-20(2)37-23)15-22-9-11-25-26(14-22)36-18-35-25/h5-11,14H,12-13,15-18H2,1-4H3,(H,29,33). The fraction of sp³-hybridized carbons (Fsp3) is 0.357. The van der Waals surface area contributed by atoms with Gasteiger partial charge in [-0.3, -0.25) is 4.79 Å². The van der Waals surface area contributed by atoms with Crippen LogP contribution in [0.5, 0.6) is 11.5 Å². The van der Waals surface area contributed by atoms with Crippen molar-refractivity contribution >= 4 is 17.6 Å². The van der Waals surface area contributed by atoms with Gasteiger partial charge in [0, 0.05) is 25.9 Å². The maximum absolute atomic E-state index is 13.6. The molecule has 1 aliphatic heterocycles. The molecule has 196 valence electrons. The van der Waals surface area contributed by atoms with E-state index in [0.717, 1.165) is 22.5 Å². The Labute approximate surface area is 216 Å². The fourth-order valence-corrected chi connectivity index (χ4v) is 4.05. The van der Waals surface area contributed by atoms with Crippen LogP contribution in [0.2, 0.25) is 0 Å². The number of benzene rings is 2. The fourth-order valence-electron chi connectivity index (χ4n) is 4.05. The monoisotopic (exact) mass is 507 g/mol. The van der Waals surface area contributed by atoms with Crippen molar-refractivity contribution in [1.82, 2.24) is 9.80 Å². The van der Waals surface area contributed by atoms with Gasteiger partial charge in [0.2, 0.25) is 12.7 Å². The van der Waals surface area contributed by atoms with Gasteiger partial charge in [-0.1, -0.05) is 18.2 Å². The smallest absolute Gasteiger partial charge is 0.322 e. The van der Waals surface area contributed by atoms with E-state index in [-0.39, 0.29) is 38.4 Å². The van der Waals surface area contributed by atoms with Gasteiger partial charge in [-0.15, -0.1) is 0 Å². The lowest BCUT2D eigenvalue weighted by Gasteiger charge is -2.28. The predicted octanol–water partition coefficient (Wildman–Crippen LogP) is 4.64. The number of nitrogens with zero attached hydrogens (tertiary/aromatic N) is 2. The zero-order valence-electron chi connectivity index (χ0n) is 21.7. The number of amides is 3. The number of aryl methyl sites for hydroxylation is 2. The number of carbonyl (C=O) groups is 2. The number of fused-ring (bicyclic) bond motifs is 1. The molecule has 1 N–H and O–H groups in total. The molecule has 2 heterocycles. The van der Waals surface area contributed by atoms with Crippen molar-refractivity contribution in [3.63, 3.8) is 0 Å². The maximum Gasteiger partial charge on any atom is 0.322 e. The SMILES string of the molecule is COCCN(CC(=O)N(Cc1ccc2c(c1)OCO2)Cc1ccc(C)o1)C(=O)Nc1cccc(C)c1C. The number of urea groups is 1. The van der Waals surface area contributed by atoms with Gasteiger partial charge in [0.15, 0.2) is 11.5 Å². The number of methoxy groups -OCH3 is 1. The van der Waals surface area contributed by atoms with E-state index in [1.165, 1.54) is 4.90 Å². The number of carbonyl (C=O) groups excluding carboxylic acids is 2. The average Bonchev–Trinajstić information content (AvgIpc) is 3.52. The zero-order valence-corrected chi connectivity index (χ0v) is 21.7. The van der Waals surface area contributed by atoms with Gasteiger partial charge >= 0.3 is 6.03 Å². The van der Waals surface area contributed by atoms with E-state index in [2.05, 4.69) is 5.32 Å². The molecule has 0 saturated heterocycles. The van der Waals surface area contributed by atoms with Crippen LogP contribution in [0.4, 0.5) is 10.5 Å². The lowest BCUT2D eigenvalue weighted by atomic mass is 10.1. The Morgan fingerprint density at radius 3 is 2.54 bits per heavy atom. The van der Waals surface area contributed by atoms with E-state index >= 15 is 0 Å². The van der Waals surface area contributed by atoms with Crippen LogP contribution < -0.4 is 14.8 Å². The molecular weight excluding hydrogens is 474 g/mol. The summed E-state index contributed by atoms with van der Waals surface area (Å²) in [4.78, 5) is 30.0. The van der Waals surface area contributed by atoms with Gasteiger partial charge in [0.25, 0.3) is 0 Å². The molecule has 9 heteroatoms. The Morgan fingerprint density at radius 2 is 1.78 bits per heavy atom. The summed E-state index contributed by atoms with van der Waals surface area (Å²) >= 11 is 0. The molecule has 37 heavy (non-hydrogen) atoms. The second-order valence-electron chi connectivity index (χ2n) is 9.04. The van der Waals surface area contributed by atoms with Crippen LogP contribution in [0.15, 0.2) is 52.9 Å². The number of nitrogens with one attached hydrogen (secondary N) is 1. The predicted molar refractivity (Wildman–Crippen MR) is 139 cm³/mol. The van der Waals surface area contributed by atoms with Crippen LogP contribution in [0, 0.1) is 20.8 Å². The average molecular weight is 508 g/mol. The first-order valence-electron chi connectivity index (χ1n) is 12.2. The van der Waals surface area contributed by atoms with Crippen LogP contribution >= 0.6 is 0 Å². The largest absolute Gasteiger partial charge is 0.464 e. The van der Waals surface area contributed by atoms with Crippen molar-refractivity contribution < 1.29 is 28.2 Å². The molecule has 9 nitrogen and oxygen atoms in total. The third kappa shape index (κ3) is 6.62. The van der Waals surface area contributed by atoms with Crippen molar-refractivity contribution in [3.8, 4) is 11.5 Å². The summed E-state index contributed by atoms with van der Waals surface area (Å²) in [7, 11) is 1.56. The normalized spacial score (nSPS) is 11.9. The second-order valence-corrected chi connectivity index (χ2v) is 9.04. The zero-order chi connectivity index (χ0) is 26.4. The molecule has 0 radical (unpaired) electrons. The summed E-state index contributed by atoms with van der Waals surface area (Å²) in [5.41, 5.74) is 3.64. The van der Waals surface area contributed by atoms with Crippen molar-refractivity contribution in [2.45, 2.75) is 33.9 Å². The molecule has 0 saturated carbocycles. The van der Waals surface area contributed by atoms with E-state index in [9.17, 15) is 9.59 Å². The number of ether oxygens (including phenoxy) is 3. The third-order valence-electron chi connectivity index (χ3n) is 6.33. The van der Waals surface area contributed by atoms with Crippen molar-refractivity contribution in [2.75, 3.05) is 38.9 Å². The Kier molecular flexibility index (Phi) is 8.35. The number of furan rings is 1. The summed E-state index contributed by atoms with van der Waals surface area (Å²) < 4.78 is 21.9. The number of hydrogen-bond donors (Lipinski definition) is 1. The minimum absolute atomic E-state index is 0.121. The first kappa shape index (κ1) is 26.1. The highest BCUT2D eigenvalue weighted by Gasteiger charge is 2.24. The Morgan fingerprint density at radius 1 is 0.973 bits per heavy atom. The van der Waals surface area contributed by atoms with Crippen molar-refractivity contribution in [2.24, 2.45) is 0 Å². The summed E-state index contributed by atoms with van der Waals surface area (Å²) in [6.45, 7) is 6.99. The molecule has 0 aliphatic carbocycles. The first-order chi connectivity index (χ1) is 17.8. The topological polar surface area (TPSA) is 93.5 Å². The molecule has 0 bridgehead atoms. The molecule has 0 unspecified atom stereocenters. The quantitative estimate of drug-likeness (QED) is 0.430. The minimum Gasteiger partial charge on any atom is -0.464 e. The van der Waals surface area contributed by atoms with Crippen LogP contribution in [0.1, 0.15) is 28.2 Å². The van der Waals surface area contributed by atoms with Crippen LogP contribution in [-0.2, 0) is 22.6 Å². The Balaban J connectivity index is 1.52. The molecule has 0 atom stereocenters. The van der Waals surface area contributed by atoms with Crippen LogP contribution in [0.25, 0.3) is 0 Å². The van der Waals surface area contributed by atoms with E-state index in [0.29, 0.717) is 36.1 Å². The maximum atomic E-state index is 13.6. The summed E-state index contributed by atoms with van der Waals surface area (Å²) in [5, 5.41) is 2.95. The van der Waals surface area contributed by atoms with E-state index in [1.54, 1.807) is 12.0 Å². The lowest BCUT2D eigenvalue weighted by molar-refractivity contribution is -0.133. The molecule has 2 aromatic carbocycles. The van der Waals surface area contributed by atoms with Crippen molar-refractivity contribution in [1.29, 1.82) is 0 Å². The molecule has 3 amide bonds. The van der Waals surface area contributed by atoms with E-state index in [1.807, 2.05) is 69.3 Å². The molecule has 1 aliphatic rings. The van der Waals surface area contributed by atoms with Gasteiger partial charge in [-0.25, -0.2) is 4.79 Å². The second kappa shape index (κ2) is 11.8. The first-order valence-corrected chi connectivity index (χ1v) is 12.2. The summed E-state index contributed by atoms with van der Waals surface area (Å²) in [6.07, 6.45) is 0. The van der Waals surface area contributed by atoms with E-state index < -0.39 is 0 Å². The molecule has 0 spiro atoms. The van der Waals surface area contributed by atoms with Gasteiger partial charge in [-0.05, 0) is 67.8 Å². The van der Waals surface area contributed by atoms with Gasteiger partial charge in [0.05, 0.1) is 13.2 Å². The van der Waals surface area contributed by atoms with Crippen LogP contribution in [0.3, 0.4) is 0 Å². The summed E-state index contributed by atoms with van der Waals surface area (Å²) in [5.74, 6) is 2.53. The van der Waals surface area contributed by atoms with Gasteiger partial charge in [-0.2, -0.15) is 0 Å².